The number of rotatable bonds is 6. The largest absolute Gasteiger partial charge is 0.479 e. The van der Waals surface area contributed by atoms with E-state index >= 15 is 0 Å². The quantitative estimate of drug-likeness (QED) is 0.752. The molecule has 0 spiro atoms. The van der Waals surface area contributed by atoms with Gasteiger partial charge in [-0.3, -0.25) is 4.79 Å². The van der Waals surface area contributed by atoms with Gasteiger partial charge in [0.1, 0.15) is 5.75 Å². The van der Waals surface area contributed by atoms with Crippen LogP contribution in [0.1, 0.15) is 12.5 Å². The molecule has 0 aliphatic heterocycles. The molecule has 0 heterocycles. The van der Waals surface area contributed by atoms with Gasteiger partial charge in [0, 0.05) is 30.9 Å². The van der Waals surface area contributed by atoms with Gasteiger partial charge in [0.2, 0.25) is 10.0 Å². The minimum Gasteiger partial charge on any atom is -0.479 e. The number of ether oxygens (including phenoxy) is 1. The summed E-state index contributed by atoms with van der Waals surface area (Å²) in [5.74, 6) is -0.166. The van der Waals surface area contributed by atoms with Crippen LogP contribution < -0.4 is 10.1 Å². The van der Waals surface area contributed by atoms with Crippen molar-refractivity contribution in [2.45, 2.75) is 24.8 Å². The number of amides is 1. The Morgan fingerprint density at radius 1 is 1.15 bits per heavy atom. The summed E-state index contributed by atoms with van der Waals surface area (Å²) in [5.41, 5.74) is 1.10. The average Bonchev–Trinajstić information content (AvgIpc) is 2.59. The Balaban J connectivity index is 2.21. The highest BCUT2D eigenvalue weighted by atomic mass is 35.5. The number of benzene rings is 2. The van der Waals surface area contributed by atoms with E-state index in [1.807, 2.05) is 0 Å². The van der Waals surface area contributed by atoms with Gasteiger partial charge in [-0.15, -0.1) is 0 Å². The van der Waals surface area contributed by atoms with Crippen molar-refractivity contribution >= 4 is 44.8 Å². The van der Waals surface area contributed by atoms with E-state index in [1.165, 1.54) is 32.3 Å². The standard InChI is InChI=1S/C18H20Cl2N2O4S/c1-11-5-7-14(27(24,25)22(3)4)10-16(11)21-18(23)12(2)26-17-9-13(19)6-8-15(17)20/h5-10,12H,1-4H3,(H,21,23). The van der Waals surface area contributed by atoms with Gasteiger partial charge in [-0.25, -0.2) is 12.7 Å². The van der Waals surface area contributed by atoms with Crippen molar-refractivity contribution < 1.29 is 17.9 Å². The van der Waals surface area contributed by atoms with Gasteiger partial charge < -0.3 is 10.1 Å². The zero-order chi connectivity index (χ0) is 20.4. The van der Waals surface area contributed by atoms with Crippen LogP contribution in [0.25, 0.3) is 0 Å². The Kier molecular flexibility index (Phi) is 6.75. The molecule has 0 saturated carbocycles. The van der Waals surface area contributed by atoms with Crippen molar-refractivity contribution in [3.63, 3.8) is 0 Å². The van der Waals surface area contributed by atoms with Gasteiger partial charge >= 0.3 is 0 Å². The number of carbonyl (C=O) groups excluding carboxylic acids is 1. The number of nitrogens with zero attached hydrogens (tertiary/aromatic N) is 1. The SMILES string of the molecule is Cc1ccc(S(=O)(=O)N(C)C)cc1NC(=O)C(C)Oc1cc(Cl)ccc1Cl. The predicted octanol–water partition coefficient (Wildman–Crippen LogP) is 3.96. The van der Waals surface area contributed by atoms with Crippen LogP contribution in [0.4, 0.5) is 5.69 Å². The molecule has 1 atom stereocenters. The first-order valence-corrected chi connectivity index (χ1v) is 10.2. The van der Waals surface area contributed by atoms with E-state index in [0.29, 0.717) is 21.3 Å². The van der Waals surface area contributed by atoms with Crippen molar-refractivity contribution in [1.29, 1.82) is 0 Å². The summed E-state index contributed by atoms with van der Waals surface area (Å²) in [6, 6.07) is 9.24. The highest BCUT2D eigenvalue weighted by Gasteiger charge is 2.21. The molecule has 0 aliphatic carbocycles. The van der Waals surface area contributed by atoms with Gasteiger partial charge in [-0.2, -0.15) is 0 Å². The number of nitrogens with one attached hydrogen (secondary N) is 1. The molecule has 0 aromatic heterocycles. The fourth-order valence-corrected chi connectivity index (χ4v) is 3.41. The fourth-order valence-electron chi connectivity index (χ4n) is 2.15. The van der Waals surface area contributed by atoms with E-state index in [-0.39, 0.29) is 10.6 Å². The molecule has 1 N–H and O–H groups in total. The minimum atomic E-state index is -3.61. The molecule has 1 unspecified atom stereocenters. The van der Waals surface area contributed by atoms with Crippen LogP contribution in [0.15, 0.2) is 41.3 Å². The predicted molar refractivity (Wildman–Crippen MR) is 107 cm³/mol. The third kappa shape index (κ3) is 5.13. The number of hydrogen-bond donors (Lipinski definition) is 1. The van der Waals surface area contributed by atoms with Crippen LogP contribution in [0, 0.1) is 6.92 Å². The monoisotopic (exact) mass is 430 g/mol. The average molecular weight is 431 g/mol. The lowest BCUT2D eigenvalue weighted by atomic mass is 10.2. The highest BCUT2D eigenvalue weighted by Crippen LogP contribution is 2.29. The van der Waals surface area contributed by atoms with E-state index < -0.39 is 22.0 Å². The molecule has 0 bridgehead atoms. The Labute approximate surface area is 169 Å². The van der Waals surface area contributed by atoms with E-state index in [1.54, 1.807) is 32.0 Å². The molecule has 9 heteroatoms. The van der Waals surface area contributed by atoms with Crippen LogP contribution in [0.2, 0.25) is 10.0 Å². The van der Waals surface area contributed by atoms with Crippen LogP contribution in [-0.2, 0) is 14.8 Å². The van der Waals surface area contributed by atoms with Gasteiger partial charge in [0.15, 0.2) is 6.10 Å². The molecule has 27 heavy (non-hydrogen) atoms. The molecule has 1 amide bonds. The molecule has 0 saturated heterocycles. The number of hydrogen-bond acceptors (Lipinski definition) is 4. The molecule has 2 rings (SSSR count). The summed E-state index contributed by atoms with van der Waals surface area (Å²) in [7, 11) is -0.727. The second-order valence-electron chi connectivity index (χ2n) is 6.09. The number of aryl methyl sites for hydroxylation is 1. The molecule has 6 nitrogen and oxygen atoms in total. The number of halogens is 2. The summed E-state index contributed by atoms with van der Waals surface area (Å²) in [5, 5.41) is 3.45. The zero-order valence-electron chi connectivity index (χ0n) is 15.3. The summed E-state index contributed by atoms with van der Waals surface area (Å²) in [6.07, 6.45) is -0.880. The van der Waals surface area contributed by atoms with E-state index in [0.717, 1.165) is 4.31 Å². The minimum absolute atomic E-state index is 0.0832. The summed E-state index contributed by atoms with van der Waals surface area (Å²) < 4.78 is 31.3. The molecule has 0 radical (unpaired) electrons. The summed E-state index contributed by atoms with van der Waals surface area (Å²) in [6.45, 7) is 3.32. The van der Waals surface area contributed by atoms with Gasteiger partial charge in [-0.05, 0) is 43.7 Å². The molecule has 2 aromatic rings. The number of anilines is 1. The maximum atomic E-state index is 12.5. The first-order valence-electron chi connectivity index (χ1n) is 7.98. The van der Waals surface area contributed by atoms with Crippen molar-refractivity contribution in [3.05, 3.63) is 52.0 Å². The molecule has 2 aromatic carbocycles. The first-order chi connectivity index (χ1) is 12.5. The van der Waals surface area contributed by atoms with E-state index in [2.05, 4.69) is 5.32 Å². The van der Waals surface area contributed by atoms with E-state index in [4.69, 9.17) is 27.9 Å². The van der Waals surface area contributed by atoms with Crippen LogP contribution in [-0.4, -0.2) is 38.8 Å². The van der Waals surface area contributed by atoms with Crippen molar-refractivity contribution in [1.82, 2.24) is 4.31 Å². The number of sulfonamides is 1. The first kappa shape index (κ1) is 21.5. The van der Waals surface area contributed by atoms with Gasteiger partial charge in [-0.1, -0.05) is 29.3 Å². The maximum Gasteiger partial charge on any atom is 0.265 e. The second-order valence-corrected chi connectivity index (χ2v) is 9.08. The maximum absolute atomic E-state index is 12.5. The molecular formula is C18H20Cl2N2O4S. The Morgan fingerprint density at radius 3 is 2.44 bits per heavy atom. The lowest BCUT2D eigenvalue weighted by molar-refractivity contribution is -0.122. The van der Waals surface area contributed by atoms with Crippen molar-refractivity contribution in [2.24, 2.45) is 0 Å². The molecular weight excluding hydrogens is 411 g/mol. The zero-order valence-corrected chi connectivity index (χ0v) is 17.6. The van der Waals surface area contributed by atoms with Gasteiger partial charge in [0.05, 0.1) is 9.92 Å². The second kappa shape index (κ2) is 8.48. The lowest BCUT2D eigenvalue weighted by Gasteiger charge is -2.18. The topological polar surface area (TPSA) is 75.7 Å². The van der Waals surface area contributed by atoms with Crippen LogP contribution in [0.5, 0.6) is 5.75 Å². The highest BCUT2D eigenvalue weighted by molar-refractivity contribution is 7.89. The van der Waals surface area contributed by atoms with E-state index in [9.17, 15) is 13.2 Å². The third-order valence-electron chi connectivity index (χ3n) is 3.81. The molecule has 0 aliphatic rings. The smallest absolute Gasteiger partial charge is 0.265 e. The van der Waals surface area contributed by atoms with Gasteiger partial charge in [0.25, 0.3) is 5.91 Å². The van der Waals surface area contributed by atoms with Crippen molar-refractivity contribution in [3.8, 4) is 5.75 Å². The fraction of sp³-hybridized carbons (Fsp3) is 0.278. The molecule has 0 fully saturated rings. The third-order valence-corrected chi connectivity index (χ3v) is 6.17. The Bertz CT molecular complexity index is 962. The van der Waals surface area contributed by atoms with Crippen LogP contribution >= 0.6 is 23.2 Å². The van der Waals surface area contributed by atoms with Crippen molar-refractivity contribution in [2.75, 3.05) is 19.4 Å². The normalized spacial score (nSPS) is 12.7. The summed E-state index contributed by atoms with van der Waals surface area (Å²) in [4.78, 5) is 12.6. The lowest BCUT2D eigenvalue weighted by Crippen LogP contribution is -2.30. The number of carbonyl (C=O) groups is 1. The van der Waals surface area contributed by atoms with Crippen LogP contribution in [0.3, 0.4) is 0 Å². The Morgan fingerprint density at radius 2 is 1.81 bits per heavy atom. The summed E-state index contributed by atoms with van der Waals surface area (Å²) >= 11 is 12.0. The molecule has 146 valence electrons. The Hall–Kier alpha value is -1.80.